The Morgan fingerprint density at radius 1 is 1.41 bits per heavy atom. The van der Waals surface area contributed by atoms with E-state index in [9.17, 15) is 22.8 Å². The number of rotatable bonds is 4. The van der Waals surface area contributed by atoms with Crippen LogP contribution < -0.4 is 16.2 Å². The summed E-state index contributed by atoms with van der Waals surface area (Å²) in [5.41, 5.74) is -0.729. The smallest absolute Gasteiger partial charge is 0.405 e. The number of hydrogen-bond acceptors (Lipinski definition) is 6. The SMILES string of the molecule is Cc1oc2nc[nH]c(=O)c2c1C(=O)NCC(N1CCNCC1)C(F)(F)F.Cl. The van der Waals surface area contributed by atoms with E-state index in [-0.39, 0.29) is 47.9 Å². The third kappa shape index (κ3) is 4.42. The minimum atomic E-state index is -4.49. The number of aryl methyl sites for hydroxylation is 1. The molecular weight excluding hydrogens is 391 g/mol. The molecule has 2 aromatic heterocycles. The van der Waals surface area contributed by atoms with E-state index in [2.05, 4.69) is 20.6 Å². The van der Waals surface area contributed by atoms with Gasteiger partial charge < -0.3 is 20.0 Å². The summed E-state index contributed by atoms with van der Waals surface area (Å²) in [7, 11) is 0. The molecule has 1 fully saturated rings. The van der Waals surface area contributed by atoms with Crippen LogP contribution in [0.3, 0.4) is 0 Å². The van der Waals surface area contributed by atoms with E-state index in [0.717, 1.165) is 6.33 Å². The summed E-state index contributed by atoms with van der Waals surface area (Å²) in [5, 5.41) is 5.20. The Balaban J connectivity index is 0.00000261. The molecule has 1 amide bonds. The number of aromatic nitrogens is 2. The summed E-state index contributed by atoms with van der Waals surface area (Å²) in [6.07, 6.45) is -3.36. The highest BCUT2D eigenvalue weighted by molar-refractivity contribution is 6.06. The van der Waals surface area contributed by atoms with Crippen molar-refractivity contribution in [2.45, 2.75) is 19.1 Å². The van der Waals surface area contributed by atoms with E-state index in [0.29, 0.717) is 13.1 Å². The number of carbonyl (C=O) groups excluding carboxylic acids is 1. The molecule has 0 aliphatic carbocycles. The number of nitrogens with zero attached hydrogens (tertiary/aromatic N) is 2. The molecule has 0 saturated carbocycles. The van der Waals surface area contributed by atoms with Crippen molar-refractivity contribution in [1.82, 2.24) is 25.5 Å². The number of furan rings is 1. The second kappa shape index (κ2) is 8.28. The van der Waals surface area contributed by atoms with Crippen LogP contribution in [-0.2, 0) is 0 Å². The van der Waals surface area contributed by atoms with Crippen molar-refractivity contribution >= 4 is 29.4 Å². The molecule has 2 aromatic rings. The van der Waals surface area contributed by atoms with Crippen molar-refractivity contribution in [2.24, 2.45) is 0 Å². The maximum atomic E-state index is 13.4. The zero-order valence-corrected chi connectivity index (χ0v) is 15.2. The Morgan fingerprint density at radius 2 is 2.07 bits per heavy atom. The molecule has 1 aliphatic heterocycles. The Hall–Kier alpha value is -2.11. The third-order valence-corrected chi connectivity index (χ3v) is 4.32. The van der Waals surface area contributed by atoms with Crippen LogP contribution in [0.1, 0.15) is 16.1 Å². The lowest BCUT2D eigenvalue weighted by molar-refractivity contribution is -0.183. The van der Waals surface area contributed by atoms with Gasteiger partial charge in [0.2, 0.25) is 5.71 Å². The molecule has 150 valence electrons. The van der Waals surface area contributed by atoms with Crippen LogP contribution >= 0.6 is 12.4 Å². The minimum absolute atomic E-state index is 0. The van der Waals surface area contributed by atoms with Crippen molar-refractivity contribution in [2.75, 3.05) is 32.7 Å². The first kappa shape index (κ1) is 21.2. The topological polar surface area (TPSA) is 103 Å². The molecule has 0 radical (unpaired) electrons. The number of fused-ring (bicyclic) bond motifs is 1. The van der Waals surface area contributed by atoms with Crippen molar-refractivity contribution < 1.29 is 22.4 Å². The van der Waals surface area contributed by atoms with E-state index in [1.165, 1.54) is 11.8 Å². The molecule has 0 bridgehead atoms. The average molecular weight is 410 g/mol. The standard InChI is InChI=1S/C15H18F3N5O3.ClH/c1-8-10(11-13(25)21-7-22-14(11)26-8)12(24)20-6-9(15(16,17)18)23-4-2-19-3-5-23;/h7,9,19H,2-6H2,1H3,(H,20,24)(H,21,22,25);1H. The molecule has 3 rings (SSSR count). The lowest BCUT2D eigenvalue weighted by atomic mass is 10.1. The highest BCUT2D eigenvalue weighted by Crippen LogP contribution is 2.25. The minimum Gasteiger partial charge on any atom is -0.442 e. The number of piperazine rings is 1. The monoisotopic (exact) mass is 409 g/mol. The van der Waals surface area contributed by atoms with Crippen molar-refractivity contribution in [3.05, 3.63) is 28.0 Å². The van der Waals surface area contributed by atoms with Gasteiger partial charge in [0.15, 0.2) is 0 Å². The predicted molar refractivity (Wildman–Crippen MR) is 93.2 cm³/mol. The summed E-state index contributed by atoms with van der Waals surface area (Å²) in [5.74, 6) is -0.684. The Bertz CT molecular complexity index is 860. The van der Waals surface area contributed by atoms with Crippen LogP contribution in [0.5, 0.6) is 0 Å². The molecule has 3 N–H and O–H groups in total. The van der Waals surface area contributed by atoms with E-state index >= 15 is 0 Å². The fraction of sp³-hybridized carbons (Fsp3) is 0.533. The van der Waals surface area contributed by atoms with Gasteiger partial charge >= 0.3 is 6.18 Å². The van der Waals surface area contributed by atoms with Crippen molar-refractivity contribution in [3.63, 3.8) is 0 Å². The van der Waals surface area contributed by atoms with Gasteiger partial charge in [-0.2, -0.15) is 13.2 Å². The van der Waals surface area contributed by atoms with E-state index in [4.69, 9.17) is 4.42 Å². The molecule has 27 heavy (non-hydrogen) atoms. The lowest BCUT2D eigenvalue weighted by Crippen LogP contribution is -2.57. The molecule has 1 atom stereocenters. The number of alkyl halides is 3. The van der Waals surface area contributed by atoms with Crippen LogP contribution in [0, 0.1) is 6.92 Å². The van der Waals surface area contributed by atoms with Crippen molar-refractivity contribution in [1.29, 1.82) is 0 Å². The van der Waals surface area contributed by atoms with Gasteiger partial charge in [0.1, 0.15) is 17.2 Å². The zero-order chi connectivity index (χ0) is 18.9. The Labute approximate surface area is 157 Å². The van der Waals surface area contributed by atoms with Gasteiger partial charge in [-0.1, -0.05) is 0 Å². The van der Waals surface area contributed by atoms with Gasteiger partial charge in [-0.05, 0) is 6.92 Å². The number of nitrogens with one attached hydrogen (secondary N) is 3. The van der Waals surface area contributed by atoms with Crippen LogP contribution in [0.2, 0.25) is 0 Å². The molecular formula is C15H19ClF3N5O3. The molecule has 12 heteroatoms. The maximum absolute atomic E-state index is 13.4. The van der Waals surface area contributed by atoms with Crippen LogP contribution in [-0.4, -0.2) is 65.7 Å². The molecule has 1 unspecified atom stereocenters. The van der Waals surface area contributed by atoms with Crippen molar-refractivity contribution in [3.8, 4) is 0 Å². The number of carbonyl (C=O) groups is 1. The van der Waals surface area contributed by atoms with E-state index < -0.39 is 30.2 Å². The summed E-state index contributed by atoms with van der Waals surface area (Å²) in [6.45, 7) is 2.20. The number of amides is 1. The second-order valence-corrected chi connectivity index (χ2v) is 6.00. The third-order valence-electron chi connectivity index (χ3n) is 4.32. The van der Waals surface area contributed by atoms with Gasteiger partial charge in [-0.15, -0.1) is 12.4 Å². The highest BCUT2D eigenvalue weighted by atomic mass is 35.5. The maximum Gasteiger partial charge on any atom is 0.405 e. The second-order valence-electron chi connectivity index (χ2n) is 6.00. The molecule has 3 heterocycles. The summed E-state index contributed by atoms with van der Waals surface area (Å²) in [4.78, 5) is 31.8. The number of halogens is 4. The first-order valence-electron chi connectivity index (χ1n) is 8.05. The summed E-state index contributed by atoms with van der Waals surface area (Å²) >= 11 is 0. The van der Waals surface area contributed by atoms with Gasteiger partial charge in [0.05, 0.1) is 11.9 Å². The van der Waals surface area contributed by atoms with Gasteiger partial charge in [-0.25, -0.2) is 4.98 Å². The summed E-state index contributed by atoms with van der Waals surface area (Å²) in [6, 6.07) is -1.80. The van der Waals surface area contributed by atoms with Crippen LogP contribution in [0.4, 0.5) is 13.2 Å². The predicted octanol–water partition coefficient (Wildman–Crippen LogP) is 0.812. The molecule has 0 aromatic carbocycles. The first-order valence-corrected chi connectivity index (χ1v) is 8.05. The number of hydrogen-bond donors (Lipinski definition) is 3. The fourth-order valence-electron chi connectivity index (χ4n) is 3.05. The lowest BCUT2D eigenvalue weighted by Gasteiger charge is -2.35. The van der Waals surface area contributed by atoms with Crippen LogP contribution in [0.15, 0.2) is 15.5 Å². The van der Waals surface area contributed by atoms with E-state index in [1.54, 1.807) is 0 Å². The zero-order valence-electron chi connectivity index (χ0n) is 14.4. The Morgan fingerprint density at radius 3 is 2.70 bits per heavy atom. The average Bonchev–Trinajstić information content (AvgIpc) is 2.92. The molecule has 8 nitrogen and oxygen atoms in total. The van der Waals surface area contributed by atoms with E-state index in [1.807, 2.05) is 0 Å². The van der Waals surface area contributed by atoms with Gasteiger partial charge in [0, 0.05) is 32.7 Å². The molecule has 1 aliphatic rings. The Kier molecular flexibility index (Phi) is 6.50. The quantitative estimate of drug-likeness (QED) is 0.690. The van der Waals surface area contributed by atoms with Gasteiger partial charge in [-0.3, -0.25) is 14.5 Å². The molecule has 1 saturated heterocycles. The number of aromatic amines is 1. The normalized spacial score (nSPS) is 16.7. The summed E-state index contributed by atoms with van der Waals surface area (Å²) < 4.78 is 45.4. The fourth-order valence-corrected chi connectivity index (χ4v) is 3.05. The number of H-pyrrole nitrogens is 1. The highest BCUT2D eigenvalue weighted by Gasteiger charge is 2.44. The first-order chi connectivity index (χ1) is 12.3. The largest absolute Gasteiger partial charge is 0.442 e. The molecule has 0 spiro atoms. The van der Waals surface area contributed by atoms with Crippen LogP contribution in [0.25, 0.3) is 11.1 Å². The van der Waals surface area contributed by atoms with Gasteiger partial charge in [0.25, 0.3) is 11.5 Å².